The first-order valence-corrected chi connectivity index (χ1v) is 7.45. The fourth-order valence-corrected chi connectivity index (χ4v) is 2.13. The van der Waals surface area contributed by atoms with Crippen molar-refractivity contribution in [3.05, 3.63) is 25.3 Å². The number of β-lactam (4-membered cyclic amide) rings is 1. The van der Waals surface area contributed by atoms with Gasteiger partial charge in [-0.15, -0.1) is 13.2 Å². The topological polar surface area (TPSA) is 66.5 Å². The van der Waals surface area contributed by atoms with Gasteiger partial charge in [0, 0.05) is 12.8 Å². The van der Waals surface area contributed by atoms with E-state index in [-0.39, 0.29) is 17.7 Å². The predicted molar refractivity (Wildman–Crippen MR) is 81.4 cm³/mol. The summed E-state index contributed by atoms with van der Waals surface area (Å²) in [6.07, 6.45) is 8.37. The summed E-state index contributed by atoms with van der Waals surface area (Å²) < 4.78 is 0. The zero-order valence-electron chi connectivity index (χ0n) is 12.5. The van der Waals surface area contributed by atoms with Crippen molar-refractivity contribution in [1.82, 2.24) is 10.2 Å². The predicted octanol–water partition coefficient (Wildman–Crippen LogP) is 1.94. The zero-order valence-corrected chi connectivity index (χ0v) is 12.5. The Bertz CT molecular complexity index is 418. The number of nitrogens with one attached hydrogen (secondary N) is 1. The number of carbonyl (C=O) groups excluding carboxylic acids is 3. The third kappa shape index (κ3) is 5.53. The molecular formula is C16H24N2O3. The molecule has 0 unspecified atom stereocenters. The van der Waals surface area contributed by atoms with E-state index in [1.165, 1.54) is 4.90 Å². The third-order valence-electron chi connectivity index (χ3n) is 3.43. The molecule has 1 rings (SSSR count). The van der Waals surface area contributed by atoms with E-state index in [1.807, 2.05) is 6.08 Å². The number of carbonyl (C=O) groups is 3. The zero-order chi connectivity index (χ0) is 15.7. The summed E-state index contributed by atoms with van der Waals surface area (Å²) in [5.41, 5.74) is 0. The molecule has 21 heavy (non-hydrogen) atoms. The number of unbranched alkanes of at least 4 members (excludes halogenated alkanes) is 3. The smallest absolute Gasteiger partial charge is 0.253 e. The van der Waals surface area contributed by atoms with Gasteiger partial charge in [-0.3, -0.25) is 19.3 Å². The maximum atomic E-state index is 11.8. The number of nitrogens with zero attached hydrogens (tertiary/aromatic N) is 1. The molecule has 0 aliphatic carbocycles. The van der Waals surface area contributed by atoms with Crippen molar-refractivity contribution in [3.8, 4) is 0 Å². The van der Waals surface area contributed by atoms with Gasteiger partial charge in [-0.05, 0) is 32.1 Å². The van der Waals surface area contributed by atoms with E-state index in [9.17, 15) is 14.4 Å². The molecule has 0 radical (unpaired) electrons. The lowest BCUT2D eigenvalue weighted by molar-refractivity contribution is -0.157. The number of rotatable bonds is 10. The lowest BCUT2D eigenvalue weighted by atomic mass is 10.1. The molecule has 116 valence electrons. The van der Waals surface area contributed by atoms with Crippen molar-refractivity contribution in [2.75, 3.05) is 6.54 Å². The van der Waals surface area contributed by atoms with Crippen LogP contribution in [0.4, 0.5) is 0 Å². The second-order valence-corrected chi connectivity index (χ2v) is 5.18. The standard InChI is InChI=1S/C16H24N2O3/c1-3-5-7-9-11-15(20)18-12-13(16(18)21)17-14(19)10-8-6-4-2/h3-4,13H,1-2,5-12H2,(H,17,19)/t13-/m0/s1. The van der Waals surface area contributed by atoms with Crippen molar-refractivity contribution in [2.24, 2.45) is 0 Å². The van der Waals surface area contributed by atoms with E-state index in [4.69, 9.17) is 0 Å². The van der Waals surface area contributed by atoms with Crippen LogP contribution >= 0.6 is 0 Å². The number of likely N-dealkylation sites (tertiary alicyclic amines) is 1. The molecule has 0 bridgehead atoms. The minimum absolute atomic E-state index is 0.145. The minimum Gasteiger partial charge on any atom is -0.343 e. The Morgan fingerprint density at radius 3 is 2.43 bits per heavy atom. The summed E-state index contributed by atoms with van der Waals surface area (Å²) >= 11 is 0. The quantitative estimate of drug-likeness (QED) is 0.380. The summed E-state index contributed by atoms with van der Waals surface area (Å²) in [7, 11) is 0. The average molecular weight is 292 g/mol. The lowest BCUT2D eigenvalue weighted by Crippen LogP contribution is -2.65. The molecule has 1 saturated heterocycles. The number of imide groups is 1. The van der Waals surface area contributed by atoms with Gasteiger partial charge in [-0.25, -0.2) is 0 Å². The Morgan fingerprint density at radius 2 is 1.81 bits per heavy atom. The summed E-state index contributed by atoms with van der Waals surface area (Å²) in [5.74, 6) is -0.588. The van der Waals surface area contributed by atoms with Crippen molar-refractivity contribution in [1.29, 1.82) is 0 Å². The molecule has 0 saturated carbocycles. The number of hydrogen-bond donors (Lipinski definition) is 1. The molecular weight excluding hydrogens is 268 g/mol. The number of hydrogen-bond acceptors (Lipinski definition) is 3. The second-order valence-electron chi connectivity index (χ2n) is 5.18. The Morgan fingerprint density at radius 1 is 1.14 bits per heavy atom. The Balaban J connectivity index is 2.21. The van der Waals surface area contributed by atoms with Gasteiger partial charge in [0.2, 0.25) is 11.8 Å². The highest BCUT2D eigenvalue weighted by Crippen LogP contribution is 2.14. The highest BCUT2D eigenvalue weighted by molar-refractivity contribution is 6.04. The van der Waals surface area contributed by atoms with Gasteiger partial charge >= 0.3 is 0 Å². The van der Waals surface area contributed by atoms with E-state index in [0.717, 1.165) is 32.1 Å². The van der Waals surface area contributed by atoms with Crippen molar-refractivity contribution in [2.45, 2.75) is 51.0 Å². The number of allylic oxidation sites excluding steroid dienone is 2. The molecule has 5 heteroatoms. The Kier molecular flexibility index (Phi) is 7.43. The summed E-state index contributed by atoms with van der Waals surface area (Å²) in [6.45, 7) is 7.51. The largest absolute Gasteiger partial charge is 0.343 e. The van der Waals surface area contributed by atoms with Crippen LogP contribution in [0, 0.1) is 0 Å². The first kappa shape index (κ1) is 17.1. The van der Waals surface area contributed by atoms with Crippen molar-refractivity contribution >= 4 is 17.7 Å². The summed E-state index contributed by atoms with van der Waals surface area (Å²) in [5, 5.41) is 2.66. The van der Waals surface area contributed by atoms with Crippen molar-refractivity contribution in [3.63, 3.8) is 0 Å². The first-order valence-electron chi connectivity index (χ1n) is 7.45. The van der Waals surface area contributed by atoms with E-state index < -0.39 is 6.04 Å². The summed E-state index contributed by atoms with van der Waals surface area (Å²) in [4.78, 5) is 36.4. The van der Waals surface area contributed by atoms with Gasteiger partial charge in [0.1, 0.15) is 6.04 Å². The fraction of sp³-hybridized carbons (Fsp3) is 0.562. The average Bonchev–Trinajstić information content (AvgIpc) is 2.47. The second kappa shape index (κ2) is 9.10. The van der Waals surface area contributed by atoms with Crippen molar-refractivity contribution < 1.29 is 14.4 Å². The molecule has 1 heterocycles. The van der Waals surface area contributed by atoms with E-state index in [1.54, 1.807) is 6.08 Å². The Labute approximate surface area is 126 Å². The SMILES string of the molecule is C=CCCCCC(=O)N1C[C@H](NC(=O)CCCC=C)C1=O. The van der Waals surface area contributed by atoms with Gasteiger partial charge < -0.3 is 5.32 Å². The van der Waals surface area contributed by atoms with Crippen LogP contribution in [0.3, 0.4) is 0 Å². The van der Waals surface area contributed by atoms with Gasteiger partial charge in [0.25, 0.3) is 5.91 Å². The molecule has 1 aliphatic rings. The van der Waals surface area contributed by atoms with Crippen LogP contribution in [0.1, 0.15) is 44.9 Å². The molecule has 1 N–H and O–H groups in total. The minimum atomic E-state index is -0.529. The molecule has 1 fully saturated rings. The van der Waals surface area contributed by atoms with Crippen LogP contribution in [0.5, 0.6) is 0 Å². The van der Waals surface area contributed by atoms with E-state index in [0.29, 0.717) is 19.4 Å². The number of amides is 3. The maximum Gasteiger partial charge on any atom is 0.253 e. The molecule has 0 spiro atoms. The fourth-order valence-electron chi connectivity index (χ4n) is 2.13. The highest BCUT2D eigenvalue weighted by Gasteiger charge is 2.40. The summed E-state index contributed by atoms with van der Waals surface area (Å²) in [6, 6.07) is -0.529. The van der Waals surface area contributed by atoms with Gasteiger partial charge in [-0.2, -0.15) is 0 Å². The Hall–Kier alpha value is -1.91. The molecule has 0 aromatic heterocycles. The van der Waals surface area contributed by atoms with E-state index >= 15 is 0 Å². The third-order valence-corrected chi connectivity index (χ3v) is 3.43. The molecule has 0 aromatic carbocycles. The van der Waals surface area contributed by atoms with Crippen LogP contribution in [-0.4, -0.2) is 35.2 Å². The van der Waals surface area contributed by atoms with Gasteiger partial charge in [0.05, 0.1) is 6.54 Å². The van der Waals surface area contributed by atoms with Crippen LogP contribution < -0.4 is 5.32 Å². The highest BCUT2D eigenvalue weighted by atomic mass is 16.2. The van der Waals surface area contributed by atoms with Crippen LogP contribution in [-0.2, 0) is 14.4 Å². The maximum absolute atomic E-state index is 11.8. The molecule has 5 nitrogen and oxygen atoms in total. The monoisotopic (exact) mass is 292 g/mol. The lowest BCUT2D eigenvalue weighted by Gasteiger charge is -2.37. The molecule has 3 amide bonds. The van der Waals surface area contributed by atoms with Crippen LogP contribution in [0.15, 0.2) is 25.3 Å². The van der Waals surface area contributed by atoms with Crippen LogP contribution in [0.25, 0.3) is 0 Å². The normalized spacial score (nSPS) is 17.0. The van der Waals surface area contributed by atoms with Gasteiger partial charge in [-0.1, -0.05) is 12.2 Å². The molecule has 1 atom stereocenters. The van der Waals surface area contributed by atoms with Crippen LogP contribution in [0.2, 0.25) is 0 Å². The van der Waals surface area contributed by atoms with E-state index in [2.05, 4.69) is 18.5 Å². The first-order chi connectivity index (χ1) is 10.1. The molecule has 0 aromatic rings. The van der Waals surface area contributed by atoms with Gasteiger partial charge in [0.15, 0.2) is 0 Å². The molecule has 1 aliphatic heterocycles.